The van der Waals surface area contributed by atoms with Crippen molar-refractivity contribution < 1.29 is 14.3 Å². The molecule has 4 heteroatoms. The fraction of sp³-hybridized carbons (Fsp3) is 0.188. The van der Waals surface area contributed by atoms with Gasteiger partial charge in [-0.15, -0.1) is 0 Å². The first-order valence-corrected chi connectivity index (χ1v) is 6.94. The van der Waals surface area contributed by atoms with Crippen molar-refractivity contribution in [1.29, 1.82) is 0 Å². The molecular weight excluding hydrogens is 320 g/mol. The van der Waals surface area contributed by atoms with Gasteiger partial charge in [0, 0.05) is 6.42 Å². The summed E-state index contributed by atoms with van der Waals surface area (Å²) in [4.78, 5) is 12.4. The molecule has 104 valence electrons. The summed E-state index contributed by atoms with van der Waals surface area (Å²) in [6, 6.07) is 13.1. The third-order valence-corrected chi connectivity index (χ3v) is 3.74. The molecule has 2 aromatic carbocycles. The number of methoxy groups -OCH3 is 2. The van der Waals surface area contributed by atoms with E-state index in [-0.39, 0.29) is 5.78 Å². The van der Waals surface area contributed by atoms with Crippen LogP contribution in [0.15, 0.2) is 46.9 Å². The Kier molecular flexibility index (Phi) is 4.79. The molecule has 0 atom stereocenters. The van der Waals surface area contributed by atoms with Gasteiger partial charge in [0.15, 0.2) is 5.78 Å². The number of halogens is 1. The zero-order valence-corrected chi connectivity index (χ0v) is 12.9. The molecule has 0 N–H and O–H groups in total. The number of ether oxygens (including phenoxy) is 2. The van der Waals surface area contributed by atoms with Gasteiger partial charge in [-0.3, -0.25) is 4.79 Å². The Hall–Kier alpha value is -1.81. The van der Waals surface area contributed by atoms with Gasteiger partial charge in [-0.25, -0.2) is 0 Å². The van der Waals surface area contributed by atoms with Crippen molar-refractivity contribution in [1.82, 2.24) is 0 Å². The standard InChI is InChI=1S/C16H15BrO3/c1-19-14-9-8-12(16(20-2)15(14)17)13(18)10-11-6-4-3-5-7-11/h3-9H,10H2,1-2H3. The maximum atomic E-state index is 12.4. The number of hydrogen-bond acceptors (Lipinski definition) is 3. The summed E-state index contributed by atoms with van der Waals surface area (Å²) in [6.45, 7) is 0. The van der Waals surface area contributed by atoms with Crippen LogP contribution in [-0.4, -0.2) is 20.0 Å². The highest BCUT2D eigenvalue weighted by molar-refractivity contribution is 9.10. The minimum Gasteiger partial charge on any atom is -0.495 e. The zero-order valence-electron chi connectivity index (χ0n) is 11.4. The molecular formula is C16H15BrO3. The highest BCUT2D eigenvalue weighted by Crippen LogP contribution is 2.37. The van der Waals surface area contributed by atoms with Crippen LogP contribution in [0.25, 0.3) is 0 Å². The van der Waals surface area contributed by atoms with Gasteiger partial charge in [0.25, 0.3) is 0 Å². The molecule has 0 saturated carbocycles. The Balaban J connectivity index is 2.33. The molecule has 0 aliphatic rings. The third-order valence-electron chi connectivity index (χ3n) is 2.99. The first-order chi connectivity index (χ1) is 9.67. The van der Waals surface area contributed by atoms with Crippen molar-refractivity contribution in [2.75, 3.05) is 14.2 Å². The number of ketones is 1. The topological polar surface area (TPSA) is 35.5 Å². The van der Waals surface area contributed by atoms with Gasteiger partial charge in [-0.05, 0) is 33.6 Å². The van der Waals surface area contributed by atoms with Crippen LogP contribution in [0.3, 0.4) is 0 Å². The molecule has 0 saturated heterocycles. The number of carbonyl (C=O) groups is 1. The molecule has 0 spiro atoms. The van der Waals surface area contributed by atoms with Gasteiger partial charge >= 0.3 is 0 Å². The molecule has 0 aliphatic carbocycles. The van der Waals surface area contributed by atoms with Crippen LogP contribution in [0.2, 0.25) is 0 Å². The Morgan fingerprint density at radius 1 is 1.05 bits per heavy atom. The highest BCUT2D eigenvalue weighted by Gasteiger charge is 2.18. The van der Waals surface area contributed by atoms with E-state index >= 15 is 0 Å². The Labute approximate surface area is 126 Å². The van der Waals surface area contributed by atoms with Crippen LogP contribution in [0.4, 0.5) is 0 Å². The summed E-state index contributed by atoms with van der Waals surface area (Å²) < 4.78 is 11.2. The first kappa shape index (κ1) is 14.6. The molecule has 0 fully saturated rings. The normalized spacial score (nSPS) is 10.2. The van der Waals surface area contributed by atoms with Gasteiger partial charge in [0.2, 0.25) is 0 Å². The second-order valence-corrected chi connectivity index (χ2v) is 5.04. The van der Waals surface area contributed by atoms with Crippen molar-refractivity contribution in [3.05, 3.63) is 58.1 Å². The lowest BCUT2D eigenvalue weighted by Crippen LogP contribution is -2.06. The van der Waals surface area contributed by atoms with Crippen LogP contribution >= 0.6 is 15.9 Å². The van der Waals surface area contributed by atoms with E-state index < -0.39 is 0 Å². The van der Waals surface area contributed by atoms with Crippen molar-refractivity contribution in [3.63, 3.8) is 0 Å². The Morgan fingerprint density at radius 3 is 2.35 bits per heavy atom. The van der Waals surface area contributed by atoms with Crippen molar-refractivity contribution in [2.45, 2.75) is 6.42 Å². The van der Waals surface area contributed by atoms with Crippen molar-refractivity contribution in [3.8, 4) is 11.5 Å². The molecule has 0 bridgehead atoms. The van der Waals surface area contributed by atoms with E-state index in [1.807, 2.05) is 30.3 Å². The van der Waals surface area contributed by atoms with Crippen LogP contribution in [0.5, 0.6) is 11.5 Å². The smallest absolute Gasteiger partial charge is 0.171 e. The number of rotatable bonds is 5. The van der Waals surface area contributed by atoms with Crippen molar-refractivity contribution >= 4 is 21.7 Å². The van der Waals surface area contributed by atoms with E-state index in [1.165, 1.54) is 0 Å². The minimum atomic E-state index is 0.0106. The predicted octanol–water partition coefficient (Wildman–Crippen LogP) is 3.89. The molecule has 0 heterocycles. The number of Topliss-reactive ketones (excluding diaryl/α,β-unsaturated/α-hetero) is 1. The lowest BCUT2D eigenvalue weighted by Gasteiger charge is -2.12. The molecule has 2 aromatic rings. The SMILES string of the molecule is COc1ccc(C(=O)Cc2ccccc2)c(OC)c1Br. The Bertz CT molecular complexity index is 609. The summed E-state index contributed by atoms with van der Waals surface area (Å²) in [6.07, 6.45) is 0.343. The molecule has 0 aliphatic heterocycles. The summed E-state index contributed by atoms with van der Waals surface area (Å²) in [5.74, 6) is 1.15. The van der Waals surface area contributed by atoms with Gasteiger partial charge in [-0.1, -0.05) is 30.3 Å². The van der Waals surface area contributed by atoms with E-state index in [9.17, 15) is 4.79 Å². The van der Waals surface area contributed by atoms with E-state index in [0.29, 0.717) is 28.0 Å². The zero-order chi connectivity index (χ0) is 14.5. The quantitative estimate of drug-likeness (QED) is 0.778. The van der Waals surface area contributed by atoms with E-state index in [4.69, 9.17) is 9.47 Å². The van der Waals surface area contributed by atoms with Gasteiger partial charge in [0.05, 0.1) is 19.8 Å². The number of hydrogen-bond donors (Lipinski definition) is 0. The van der Waals surface area contributed by atoms with Gasteiger partial charge in [0.1, 0.15) is 16.0 Å². The number of benzene rings is 2. The summed E-state index contributed by atoms with van der Waals surface area (Å²) >= 11 is 3.40. The predicted molar refractivity (Wildman–Crippen MR) is 81.7 cm³/mol. The second kappa shape index (κ2) is 6.57. The van der Waals surface area contributed by atoms with Crippen LogP contribution in [-0.2, 0) is 6.42 Å². The van der Waals surface area contributed by atoms with Crippen LogP contribution in [0.1, 0.15) is 15.9 Å². The maximum Gasteiger partial charge on any atom is 0.171 e. The molecule has 0 aromatic heterocycles. The van der Waals surface area contributed by atoms with Gasteiger partial charge in [-0.2, -0.15) is 0 Å². The molecule has 0 unspecified atom stereocenters. The fourth-order valence-corrected chi connectivity index (χ4v) is 2.66. The molecule has 20 heavy (non-hydrogen) atoms. The minimum absolute atomic E-state index is 0.0106. The van der Waals surface area contributed by atoms with Gasteiger partial charge < -0.3 is 9.47 Å². The van der Waals surface area contributed by atoms with E-state index in [1.54, 1.807) is 26.4 Å². The monoisotopic (exact) mass is 334 g/mol. The molecule has 2 rings (SSSR count). The average molecular weight is 335 g/mol. The fourth-order valence-electron chi connectivity index (χ4n) is 1.99. The third kappa shape index (κ3) is 3.02. The average Bonchev–Trinajstić information content (AvgIpc) is 2.47. The number of carbonyl (C=O) groups excluding carboxylic acids is 1. The van der Waals surface area contributed by atoms with Crippen molar-refractivity contribution in [2.24, 2.45) is 0 Å². The Morgan fingerprint density at radius 2 is 1.75 bits per heavy atom. The molecule has 0 radical (unpaired) electrons. The summed E-state index contributed by atoms with van der Waals surface area (Å²) in [7, 11) is 3.11. The van der Waals surface area contributed by atoms with E-state index in [2.05, 4.69) is 15.9 Å². The summed E-state index contributed by atoms with van der Waals surface area (Å²) in [5, 5.41) is 0. The van der Waals surface area contributed by atoms with Crippen LogP contribution < -0.4 is 9.47 Å². The van der Waals surface area contributed by atoms with Crippen LogP contribution in [0, 0.1) is 0 Å². The second-order valence-electron chi connectivity index (χ2n) is 4.25. The lowest BCUT2D eigenvalue weighted by molar-refractivity contribution is 0.0990. The first-order valence-electron chi connectivity index (χ1n) is 6.15. The molecule has 3 nitrogen and oxygen atoms in total. The summed E-state index contributed by atoms with van der Waals surface area (Å²) in [5.41, 5.74) is 1.52. The highest BCUT2D eigenvalue weighted by atomic mass is 79.9. The lowest BCUT2D eigenvalue weighted by atomic mass is 10.0. The largest absolute Gasteiger partial charge is 0.495 e. The molecule has 0 amide bonds. The maximum absolute atomic E-state index is 12.4. The van der Waals surface area contributed by atoms with E-state index in [0.717, 1.165) is 5.56 Å².